The second-order valence-corrected chi connectivity index (χ2v) is 6.01. The highest BCUT2D eigenvalue weighted by atomic mass is 79.9. The van der Waals surface area contributed by atoms with Crippen LogP contribution in [-0.2, 0) is 4.79 Å². The monoisotopic (exact) mass is 380 g/mol. The number of benzene rings is 1. The first-order valence-corrected chi connectivity index (χ1v) is 7.56. The molecule has 0 aliphatic rings. The molecule has 0 atom stereocenters. The van der Waals surface area contributed by atoms with Gasteiger partial charge in [0.25, 0.3) is 0 Å². The van der Waals surface area contributed by atoms with Crippen molar-refractivity contribution in [3.05, 3.63) is 39.0 Å². The standard InChI is InChI=1S/C11H7BrCl2N2O2S/c12-6-1-2-7(10(14)9(6)13)16-4-3-15-11(16)19-5-8(17)18/h1-4H,5H2,(H,17,18). The summed E-state index contributed by atoms with van der Waals surface area (Å²) in [5.41, 5.74) is 0.653. The minimum Gasteiger partial charge on any atom is -0.481 e. The fraction of sp³-hybridized carbons (Fsp3) is 0.0909. The molecule has 0 amide bonds. The van der Waals surface area contributed by atoms with Crippen LogP contribution in [0.3, 0.4) is 0 Å². The number of rotatable bonds is 4. The van der Waals surface area contributed by atoms with Crippen LogP contribution in [0.1, 0.15) is 0 Å². The summed E-state index contributed by atoms with van der Waals surface area (Å²) >= 11 is 16.7. The van der Waals surface area contributed by atoms with Gasteiger partial charge in [-0.3, -0.25) is 9.36 Å². The first-order valence-electron chi connectivity index (χ1n) is 5.02. The Morgan fingerprint density at radius 1 is 1.42 bits per heavy atom. The lowest BCUT2D eigenvalue weighted by Gasteiger charge is -2.10. The molecule has 8 heteroatoms. The first kappa shape index (κ1) is 14.7. The number of aliphatic carboxylic acids is 1. The maximum absolute atomic E-state index is 10.6. The molecule has 0 fully saturated rings. The van der Waals surface area contributed by atoms with Crippen LogP contribution in [0.5, 0.6) is 0 Å². The zero-order valence-electron chi connectivity index (χ0n) is 9.31. The largest absolute Gasteiger partial charge is 0.481 e. The van der Waals surface area contributed by atoms with E-state index in [0.29, 0.717) is 25.4 Å². The predicted octanol–water partition coefficient (Wildman–Crippen LogP) is 4.12. The molecule has 1 aromatic carbocycles. The Hall–Kier alpha value is -0.690. The molecule has 0 aliphatic carbocycles. The maximum atomic E-state index is 10.6. The number of thioether (sulfide) groups is 1. The summed E-state index contributed by atoms with van der Waals surface area (Å²) in [6, 6.07) is 3.56. The van der Waals surface area contributed by atoms with E-state index in [4.69, 9.17) is 28.3 Å². The van der Waals surface area contributed by atoms with E-state index < -0.39 is 5.97 Å². The Bertz CT molecular complexity index is 633. The molecule has 0 unspecified atom stereocenters. The van der Waals surface area contributed by atoms with Crippen LogP contribution in [0, 0.1) is 0 Å². The average molecular weight is 382 g/mol. The Kier molecular flexibility index (Phi) is 4.78. The molecule has 0 radical (unpaired) electrons. The number of halogens is 3. The minimum absolute atomic E-state index is 0.0705. The lowest BCUT2D eigenvalue weighted by molar-refractivity contribution is -0.133. The quantitative estimate of drug-likeness (QED) is 0.639. The van der Waals surface area contributed by atoms with Gasteiger partial charge in [-0.15, -0.1) is 0 Å². The molecule has 100 valence electrons. The Balaban J connectivity index is 2.40. The Labute approximate surface area is 131 Å². The Morgan fingerprint density at radius 3 is 2.84 bits per heavy atom. The van der Waals surface area contributed by atoms with Gasteiger partial charge in [-0.2, -0.15) is 0 Å². The van der Waals surface area contributed by atoms with Gasteiger partial charge in [0.2, 0.25) is 0 Å². The summed E-state index contributed by atoms with van der Waals surface area (Å²) in [6.45, 7) is 0. The van der Waals surface area contributed by atoms with Gasteiger partial charge in [0.1, 0.15) is 0 Å². The zero-order valence-corrected chi connectivity index (χ0v) is 13.2. The SMILES string of the molecule is O=C(O)CSc1nccn1-c1ccc(Br)c(Cl)c1Cl. The molecule has 0 bridgehead atoms. The van der Waals surface area contributed by atoms with Gasteiger partial charge in [-0.05, 0) is 28.1 Å². The van der Waals surface area contributed by atoms with Crippen LogP contribution in [-0.4, -0.2) is 26.4 Å². The second-order valence-electron chi connectivity index (χ2n) is 3.46. The number of carboxylic acid groups (broad SMARTS) is 1. The third-order valence-electron chi connectivity index (χ3n) is 2.21. The number of nitrogens with zero attached hydrogens (tertiary/aromatic N) is 2. The first-order chi connectivity index (χ1) is 9.00. The van der Waals surface area contributed by atoms with Gasteiger partial charge < -0.3 is 5.11 Å². The minimum atomic E-state index is -0.903. The van der Waals surface area contributed by atoms with E-state index in [-0.39, 0.29) is 5.75 Å². The third-order valence-corrected chi connectivity index (χ3v) is 4.92. The van der Waals surface area contributed by atoms with Crippen molar-refractivity contribution in [2.75, 3.05) is 5.75 Å². The zero-order chi connectivity index (χ0) is 14.0. The molecule has 1 N–H and O–H groups in total. The van der Waals surface area contributed by atoms with Gasteiger partial charge in [0.15, 0.2) is 5.16 Å². The highest BCUT2D eigenvalue weighted by molar-refractivity contribution is 9.10. The van der Waals surface area contributed by atoms with E-state index >= 15 is 0 Å². The summed E-state index contributed by atoms with van der Waals surface area (Å²) < 4.78 is 2.40. The third kappa shape index (κ3) is 3.25. The van der Waals surface area contributed by atoms with E-state index in [1.807, 2.05) is 0 Å². The average Bonchev–Trinajstić information content (AvgIpc) is 2.82. The van der Waals surface area contributed by atoms with Crippen molar-refractivity contribution in [3.8, 4) is 5.69 Å². The maximum Gasteiger partial charge on any atom is 0.313 e. The molecule has 2 aromatic rings. The van der Waals surface area contributed by atoms with Crippen molar-refractivity contribution < 1.29 is 9.90 Å². The molecule has 4 nitrogen and oxygen atoms in total. The molecule has 2 rings (SSSR count). The molecule has 0 aliphatic heterocycles. The highest BCUT2D eigenvalue weighted by Crippen LogP contribution is 2.36. The van der Waals surface area contributed by atoms with E-state index in [1.54, 1.807) is 29.1 Å². The van der Waals surface area contributed by atoms with Gasteiger partial charge >= 0.3 is 5.97 Å². The van der Waals surface area contributed by atoms with Crippen LogP contribution in [0.15, 0.2) is 34.2 Å². The van der Waals surface area contributed by atoms with Crippen molar-refractivity contribution in [3.63, 3.8) is 0 Å². The van der Waals surface area contributed by atoms with E-state index in [9.17, 15) is 4.79 Å². The number of aromatic nitrogens is 2. The number of carboxylic acids is 1. The summed E-state index contributed by atoms with van der Waals surface area (Å²) in [5, 5.41) is 10.0. The van der Waals surface area contributed by atoms with Gasteiger partial charge in [0, 0.05) is 16.9 Å². The molecule has 0 spiro atoms. The number of imidazole rings is 1. The highest BCUT2D eigenvalue weighted by Gasteiger charge is 2.14. The van der Waals surface area contributed by atoms with Gasteiger partial charge in [0.05, 0.1) is 21.5 Å². The van der Waals surface area contributed by atoms with Crippen LogP contribution >= 0.6 is 50.9 Å². The van der Waals surface area contributed by atoms with Crippen molar-refractivity contribution in [1.82, 2.24) is 9.55 Å². The fourth-order valence-electron chi connectivity index (χ4n) is 1.41. The van der Waals surface area contributed by atoms with Crippen molar-refractivity contribution >= 4 is 56.9 Å². The van der Waals surface area contributed by atoms with E-state index in [0.717, 1.165) is 11.8 Å². The van der Waals surface area contributed by atoms with Crippen molar-refractivity contribution in [2.45, 2.75) is 5.16 Å². The van der Waals surface area contributed by atoms with Crippen LogP contribution < -0.4 is 0 Å². The number of hydrogen-bond donors (Lipinski definition) is 1. The van der Waals surface area contributed by atoms with Gasteiger partial charge in [-0.1, -0.05) is 35.0 Å². The normalized spacial score (nSPS) is 10.7. The second kappa shape index (κ2) is 6.17. The lowest BCUT2D eigenvalue weighted by Crippen LogP contribution is -2.02. The number of carbonyl (C=O) groups is 1. The van der Waals surface area contributed by atoms with Crippen LogP contribution in [0.4, 0.5) is 0 Å². The topological polar surface area (TPSA) is 55.1 Å². The smallest absolute Gasteiger partial charge is 0.313 e. The Morgan fingerprint density at radius 2 is 2.16 bits per heavy atom. The molecule has 0 saturated carbocycles. The predicted molar refractivity (Wildman–Crippen MR) is 79.6 cm³/mol. The fourth-order valence-corrected chi connectivity index (χ4v) is 2.95. The molecule has 19 heavy (non-hydrogen) atoms. The van der Waals surface area contributed by atoms with Crippen molar-refractivity contribution in [1.29, 1.82) is 0 Å². The van der Waals surface area contributed by atoms with Crippen LogP contribution in [0.25, 0.3) is 5.69 Å². The summed E-state index contributed by atoms with van der Waals surface area (Å²) in [4.78, 5) is 14.7. The van der Waals surface area contributed by atoms with E-state index in [1.165, 1.54) is 0 Å². The molecule has 1 aromatic heterocycles. The van der Waals surface area contributed by atoms with E-state index in [2.05, 4.69) is 20.9 Å². The number of hydrogen-bond acceptors (Lipinski definition) is 3. The summed E-state index contributed by atoms with van der Waals surface area (Å²) in [5.74, 6) is -0.974. The summed E-state index contributed by atoms with van der Waals surface area (Å²) in [6.07, 6.45) is 3.28. The summed E-state index contributed by atoms with van der Waals surface area (Å²) in [7, 11) is 0. The lowest BCUT2D eigenvalue weighted by atomic mass is 10.3. The van der Waals surface area contributed by atoms with Crippen molar-refractivity contribution in [2.24, 2.45) is 0 Å². The molecular formula is C11H7BrCl2N2O2S. The van der Waals surface area contributed by atoms with Crippen LogP contribution in [0.2, 0.25) is 10.0 Å². The van der Waals surface area contributed by atoms with Gasteiger partial charge in [-0.25, -0.2) is 4.98 Å². The molecule has 1 heterocycles. The molecule has 0 saturated heterocycles. The molecular weight excluding hydrogens is 375 g/mol.